The van der Waals surface area contributed by atoms with Gasteiger partial charge in [-0.25, -0.2) is 4.39 Å². The van der Waals surface area contributed by atoms with Crippen LogP contribution in [-0.2, 0) is 16.0 Å². The lowest BCUT2D eigenvalue weighted by atomic mass is 9.84. The number of benzene rings is 2. The van der Waals surface area contributed by atoms with Gasteiger partial charge >= 0.3 is 0 Å². The van der Waals surface area contributed by atoms with Gasteiger partial charge in [-0.15, -0.1) is 0 Å². The van der Waals surface area contributed by atoms with Crippen molar-refractivity contribution in [3.63, 3.8) is 0 Å². The molecule has 118 valence electrons. The van der Waals surface area contributed by atoms with E-state index in [9.17, 15) is 14.0 Å². The highest BCUT2D eigenvalue weighted by Gasteiger charge is 2.23. The molecule has 23 heavy (non-hydrogen) atoms. The minimum Gasteiger partial charge on any atom is -0.304 e. The van der Waals surface area contributed by atoms with Gasteiger partial charge in [-0.2, -0.15) is 0 Å². The summed E-state index contributed by atoms with van der Waals surface area (Å²) in [5.74, 6) is -0.718. The van der Waals surface area contributed by atoms with E-state index in [0.29, 0.717) is 0 Å². The Bertz CT molecular complexity index is 740. The summed E-state index contributed by atoms with van der Waals surface area (Å²) in [6, 6.07) is 11.6. The quantitative estimate of drug-likeness (QED) is 0.883. The largest absolute Gasteiger partial charge is 0.304 e. The van der Waals surface area contributed by atoms with Gasteiger partial charge in [-0.3, -0.25) is 4.79 Å². The minimum atomic E-state index is -0.412. The highest BCUT2D eigenvalue weighted by molar-refractivity contribution is 5.87. The highest BCUT2D eigenvalue weighted by Crippen LogP contribution is 2.30. The maximum atomic E-state index is 13.1. The van der Waals surface area contributed by atoms with Crippen molar-refractivity contribution >= 4 is 12.1 Å². The molecule has 0 saturated carbocycles. The van der Waals surface area contributed by atoms with Crippen molar-refractivity contribution in [2.45, 2.75) is 25.3 Å². The number of fused-ring (bicyclic) bond motifs is 1. The van der Waals surface area contributed by atoms with Crippen molar-refractivity contribution in [2.75, 3.05) is 6.54 Å². The minimum absolute atomic E-state index is 0.0115. The van der Waals surface area contributed by atoms with Gasteiger partial charge in [0.25, 0.3) is 0 Å². The Morgan fingerprint density at radius 2 is 1.91 bits per heavy atom. The van der Waals surface area contributed by atoms with Crippen LogP contribution in [0, 0.1) is 5.82 Å². The molecule has 0 fully saturated rings. The van der Waals surface area contributed by atoms with E-state index < -0.39 is 5.92 Å². The molecular weight excluding hydrogens is 293 g/mol. The van der Waals surface area contributed by atoms with Crippen LogP contribution in [0.4, 0.5) is 4.39 Å². The molecule has 2 aromatic carbocycles. The standard InChI is InChI=1S/C19H18FNO2/c1-12(23)19(13-2-5-16(20)6-3-13)15-4-7-17-14(10-15)8-9-21-18(17)11-22/h2-7,10-11,18-19,21H,8-9H2,1H3. The van der Waals surface area contributed by atoms with Gasteiger partial charge in [-0.1, -0.05) is 30.3 Å². The van der Waals surface area contributed by atoms with Crippen LogP contribution >= 0.6 is 0 Å². The first-order valence-electron chi connectivity index (χ1n) is 7.67. The summed E-state index contributed by atoms with van der Waals surface area (Å²) in [7, 11) is 0. The first-order chi connectivity index (χ1) is 11.1. The summed E-state index contributed by atoms with van der Waals surface area (Å²) in [6.45, 7) is 2.28. The fourth-order valence-electron chi connectivity index (χ4n) is 3.24. The highest BCUT2D eigenvalue weighted by atomic mass is 19.1. The molecule has 2 atom stereocenters. The monoisotopic (exact) mass is 311 g/mol. The molecule has 0 aromatic heterocycles. The fourth-order valence-corrected chi connectivity index (χ4v) is 3.24. The van der Waals surface area contributed by atoms with Crippen molar-refractivity contribution in [3.05, 3.63) is 70.5 Å². The lowest BCUT2D eigenvalue weighted by Crippen LogP contribution is -2.30. The van der Waals surface area contributed by atoms with Gasteiger partial charge < -0.3 is 10.1 Å². The second kappa shape index (κ2) is 6.42. The third-order valence-corrected chi connectivity index (χ3v) is 4.34. The van der Waals surface area contributed by atoms with Gasteiger partial charge in [0.05, 0.1) is 12.0 Å². The van der Waals surface area contributed by atoms with Crippen LogP contribution in [0.2, 0.25) is 0 Å². The number of hydrogen-bond donors (Lipinski definition) is 1. The lowest BCUT2D eigenvalue weighted by Gasteiger charge is -2.25. The van der Waals surface area contributed by atoms with E-state index in [1.165, 1.54) is 12.1 Å². The molecular formula is C19H18FNO2. The van der Waals surface area contributed by atoms with E-state index in [0.717, 1.165) is 41.5 Å². The molecule has 1 heterocycles. The summed E-state index contributed by atoms with van der Waals surface area (Å²) >= 11 is 0. The zero-order valence-corrected chi connectivity index (χ0v) is 12.9. The van der Waals surface area contributed by atoms with E-state index >= 15 is 0 Å². The smallest absolute Gasteiger partial charge is 0.141 e. The maximum Gasteiger partial charge on any atom is 0.141 e. The Hall–Kier alpha value is -2.33. The second-order valence-corrected chi connectivity index (χ2v) is 5.87. The molecule has 1 aliphatic heterocycles. The van der Waals surface area contributed by atoms with E-state index in [4.69, 9.17) is 0 Å². The fraction of sp³-hybridized carbons (Fsp3) is 0.263. The predicted molar refractivity (Wildman–Crippen MR) is 85.9 cm³/mol. The molecule has 0 bridgehead atoms. The summed E-state index contributed by atoms with van der Waals surface area (Å²) in [5.41, 5.74) is 3.72. The number of halogens is 1. The van der Waals surface area contributed by atoms with Crippen molar-refractivity contribution in [3.8, 4) is 0 Å². The lowest BCUT2D eigenvalue weighted by molar-refractivity contribution is -0.117. The topological polar surface area (TPSA) is 46.2 Å². The maximum absolute atomic E-state index is 13.1. The SMILES string of the molecule is CC(=O)C(c1ccc(F)cc1)c1ccc2c(c1)CCNC2C=O. The van der Waals surface area contributed by atoms with E-state index in [1.807, 2.05) is 18.2 Å². The summed E-state index contributed by atoms with van der Waals surface area (Å²) in [6.07, 6.45) is 1.72. The van der Waals surface area contributed by atoms with Crippen LogP contribution in [-0.4, -0.2) is 18.6 Å². The number of ketones is 1. The third kappa shape index (κ3) is 3.08. The number of carbonyl (C=O) groups excluding carboxylic acids is 2. The summed E-state index contributed by atoms with van der Waals surface area (Å²) < 4.78 is 13.1. The third-order valence-electron chi connectivity index (χ3n) is 4.34. The van der Waals surface area contributed by atoms with E-state index in [1.54, 1.807) is 19.1 Å². The molecule has 4 heteroatoms. The molecule has 2 unspecified atom stereocenters. The molecule has 0 saturated heterocycles. The molecule has 1 aliphatic rings. The van der Waals surface area contributed by atoms with Gasteiger partial charge in [0, 0.05) is 6.54 Å². The number of nitrogens with one attached hydrogen (secondary N) is 1. The van der Waals surface area contributed by atoms with Crippen molar-refractivity contribution < 1.29 is 14.0 Å². The Morgan fingerprint density at radius 3 is 2.57 bits per heavy atom. The van der Waals surface area contributed by atoms with Crippen LogP contribution in [0.25, 0.3) is 0 Å². The van der Waals surface area contributed by atoms with Crippen molar-refractivity contribution in [1.82, 2.24) is 5.32 Å². The van der Waals surface area contributed by atoms with E-state index in [-0.39, 0.29) is 17.6 Å². The molecule has 3 rings (SSSR count). The van der Waals surface area contributed by atoms with Gasteiger partial charge in [-0.05, 0) is 47.7 Å². The van der Waals surface area contributed by atoms with Crippen LogP contribution < -0.4 is 5.32 Å². The number of carbonyl (C=O) groups is 2. The summed E-state index contributed by atoms with van der Waals surface area (Å²) in [4.78, 5) is 23.3. The van der Waals surface area contributed by atoms with Crippen LogP contribution in [0.15, 0.2) is 42.5 Å². The Labute approximate surface area is 134 Å². The molecule has 2 aromatic rings. The second-order valence-electron chi connectivity index (χ2n) is 5.87. The summed E-state index contributed by atoms with van der Waals surface area (Å²) in [5, 5.41) is 3.16. The number of aldehydes is 1. The number of rotatable bonds is 4. The van der Waals surface area contributed by atoms with Crippen LogP contribution in [0.5, 0.6) is 0 Å². The number of Topliss-reactive ketones (excluding diaryl/α,β-unsaturated/α-hetero) is 1. The molecule has 3 nitrogen and oxygen atoms in total. The van der Waals surface area contributed by atoms with Gasteiger partial charge in [0.1, 0.15) is 17.9 Å². The van der Waals surface area contributed by atoms with Crippen LogP contribution in [0.1, 0.15) is 41.1 Å². The van der Waals surface area contributed by atoms with Crippen molar-refractivity contribution in [2.24, 2.45) is 0 Å². The molecule has 0 aliphatic carbocycles. The van der Waals surface area contributed by atoms with Crippen LogP contribution in [0.3, 0.4) is 0 Å². The molecule has 0 spiro atoms. The van der Waals surface area contributed by atoms with E-state index in [2.05, 4.69) is 5.32 Å². The first-order valence-corrected chi connectivity index (χ1v) is 7.67. The zero-order valence-electron chi connectivity index (χ0n) is 12.9. The molecule has 0 radical (unpaired) electrons. The average Bonchev–Trinajstić information content (AvgIpc) is 2.55. The predicted octanol–water partition coefficient (Wildman–Crippen LogP) is 2.93. The van der Waals surface area contributed by atoms with Gasteiger partial charge in [0.2, 0.25) is 0 Å². The number of hydrogen-bond acceptors (Lipinski definition) is 3. The Morgan fingerprint density at radius 1 is 1.22 bits per heavy atom. The zero-order chi connectivity index (χ0) is 16.4. The Kier molecular flexibility index (Phi) is 4.35. The van der Waals surface area contributed by atoms with Crippen molar-refractivity contribution in [1.29, 1.82) is 0 Å². The first kappa shape index (κ1) is 15.6. The normalized spacial score (nSPS) is 18.1. The molecule has 0 amide bonds. The Balaban J connectivity index is 2.02. The molecule has 1 N–H and O–H groups in total. The van der Waals surface area contributed by atoms with Gasteiger partial charge in [0.15, 0.2) is 0 Å². The average molecular weight is 311 g/mol.